The molecule has 0 bridgehead atoms. The first-order valence-corrected chi connectivity index (χ1v) is 8.03. The molecule has 1 rings (SSSR count). The average molecular weight is 272 g/mol. The van der Waals surface area contributed by atoms with Crippen molar-refractivity contribution in [1.82, 2.24) is 10.3 Å². The molecule has 0 atom stereocenters. The van der Waals surface area contributed by atoms with E-state index in [9.17, 15) is 8.42 Å². The first kappa shape index (κ1) is 14.9. The molecule has 1 N–H and O–H groups in total. The molecule has 0 unspecified atom stereocenters. The average Bonchev–Trinajstić information content (AvgIpc) is 2.30. The highest BCUT2D eigenvalue weighted by Crippen LogP contribution is 2.09. The van der Waals surface area contributed by atoms with Gasteiger partial charge in [0.1, 0.15) is 12.4 Å². The molecule has 5 nitrogen and oxygen atoms in total. The topological polar surface area (TPSA) is 68.3 Å². The van der Waals surface area contributed by atoms with Crippen molar-refractivity contribution in [3.05, 3.63) is 24.0 Å². The minimum atomic E-state index is -2.97. The molecule has 1 aromatic rings. The van der Waals surface area contributed by atoms with Crippen molar-refractivity contribution in [3.8, 4) is 5.75 Å². The van der Waals surface area contributed by atoms with Gasteiger partial charge >= 0.3 is 0 Å². The molecule has 0 saturated carbocycles. The van der Waals surface area contributed by atoms with E-state index < -0.39 is 9.84 Å². The second-order valence-corrected chi connectivity index (χ2v) is 6.40. The molecule has 0 aromatic carbocycles. The molecule has 102 valence electrons. The maximum atomic E-state index is 10.9. The van der Waals surface area contributed by atoms with Gasteiger partial charge in [0.25, 0.3) is 0 Å². The number of ether oxygens (including phenoxy) is 1. The molecule has 0 aliphatic rings. The zero-order valence-corrected chi connectivity index (χ0v) is 11.7. The van der Waals surface area contributed by atoms with Crippen molar-refractivity contribution in [2.45, 2.75) is 19.9 Å². The summed E-state index contributed by atoms with van der Waals surface area (Å²) in [5, 5.41) is 3.25. The Morgan fingerprint density at radius 3 is 2.72 bits per heavy atom. The Balaban J connectivity index is 2.36. The van der Waals surface area contributed by atoms with Crippen LogP contribution in [-0.4, -0.2) is 38.6 Å². The molecule has 1 heterocycles. The second kappa shape index (κ2) is 7.33. The van der Waals surface area contributed by atoms with Crippen LogP contribution in [0.4, 0.5) is 0 Å². The van der Waals surface area contributed by atoms with Gasteiger partial charge in [-0.25, -0.2) is 8.42 Å². The van der Waals surface area contributed by atoms with Crippen molar-refractivity contribution in [3.63, 3.8) is 0 Å². The Labute approximate surface area is 108 Å². The van der Waals surface area contributed by atoms with Crippen LogP contribution in [0.2, 0.25) is 0 Å². The molecular formula is C12H20N2O3S. The summed E-state index contributed by atoms with van der Waals surface area (Å²) in [6, 6.07) is 3.68. The van der Waals surface area contributed by atoms with Crippen molar-refractivity contribution in [2.75, 3.05) is 25.2 Å². The van der Waals surface area contributed by atoms with Crippen LogP contribution in [0.15, 0.2) is 18.3 Å². The van der Waals surface area contributed by atoms with E-state index in [2.05, 4.69) is 17.2 Å². The fourth-order valence-corrected chi connectivity index (χ4v) is 1.69. The standard InChI is InChI=1S/C12H20N2O3S/c1-3-6-13-9-11-4-5-12(10-14-11)17-7-8-18(2,15)16/h4-5,10,13H,3,6-9H2,1-2H3. The lowest BCUT2D eigenvalue weighted by Crippen LogP contribution is -2.15. The van der Waals surface area contributed by atoms with Gasteiger partial charge in [0, 0.05) is 12.8 Å². The monoisotopic (exact) mass is 272 g/mol. The number of aromatic nitrogens is 1. The van der Waals surface area contributed by atoms with Crippen LogP contribution in [0.1, 0.15) is 19.0 Å². The Kier molecular flexibility index (Phi) is 6.07. The van der Waals surface area contributed by atoms with Crippen molar-refractivity contribution in [1.29, 1.82) is 0 Å². The minimum absolute atomic E-state index is 0.0206. The highest BCUT2D eigenvalue weighted by atomic mass is 32.2. The van der Waals surface area contributed by atoms with Gasteiger partial charge in [-0.05, 0) is 25.1 Å². The van der Waals surface area contributed by atoms with E-state index in [1.165, 1.54) is 6.26 Å². The van der Waals surface area contributed by atoms with Crippen LogP contribution < -0.4 is 10.1 Å². The molecule has 0 aliphatic carbocycles. The highest BCUT2D eigenvalue weighted by Gasteiger charge is 2.03. The third-order valence-corrected chi connectivity index (χ3v) is 3.16. The van der Waals surface area contributed by atoms with E-state index in [1.54, 1.807) is 12.3 Å². The quantitative estimate of drug-likeness (QED) is 0.715. The first-order chi connectivity index (χ1) is 8.51. The number of pyridine rings is 1. The molecule has 0 amide bonds. The van der Waals surface area contributed by atoms with Crippen LogP contribution in [-0.2, 0) is 16.4 Å². The lowest BCUT2D eigenvalue weighted by molar-refractivity contribution is 0.339. The fraction of sp³-hybridized carbons (Fsp3) is 0.583. The number of nitrogens with zero attached hydrogens (tertiary/aromatic N) is 1. The van der Waals surface area contributed by atoms with Crippen LogP contribution in [0.3, 0.4) is 0 Å². The normalized spacial score (nSPS) is 11.4. The Morgan fingerprint density at radius 2 is 2.17 bits per heavy atom. The molecule has 1 aromatic heterocycles. The van der Waals surface area contributed by atoms with E-state index in [1.807, 2.05) is 6.07 Å². The summed E-state index contributed by atoms with van der Waals surface area (Å²) in [6.45, 7) is 3.97. The zero-order valence-electron chi connectivity index (χ0n) is 10.8. The summed E-state index contributed by atoms with van der Waals surface area (Å²) in [4.78, 5) is 4.23. The smallest absolute Gasteiger partial charge is 0.150 e. The van der Waals surface area contributed by atoms with Gasteiger partial charge in [-0.3, -0.25) is 4.98 Å². The Bertz CT molecular complexity index is 443. The lowest BCUT2D eigenvalue weighted by Gasteiger charge is -2.06. The number of sulfone groups is 1. The van der Waals surface area contributed by atoms with Crippen molar-refractivity contribution in [2.24, 2.45) is 0 Å². The summed E-state index contributed by atoms with van der Waals surface area (Å²) in [7, 11) is -2.97. The van der Waals surface area contributed by atoms with Gasteiger partial charge in [0.05, 0.1) is 17.6 Å². The number of hydrogen-bond acceptors (Lipinski definition) is 5. The third kappa shape index (κ3) is 6.56. The van der Waals surface area contributed by atoms with Crippen LogP contribution in [0.25, 0.3) is 0 Å². The van der Waals surface area contributed by atoms with E-state index in [-0.39, 0.29) is 12.4 Å². The number of nitrogens with one attached hydrogen (secondary N) is 1. The summed E-state index contributed by atoms with van der Waals surface area (Å²) >= 11 is 0. The summed E-state index contributed by atoms with van der Waals surface area (Å²) in [6.07, 6.45) is 3.90. The molecule has 18 heavy (non-hydrogen) atoms. The summed E-state index contributed by atoms with van der Waals surface area (Å²) < 4.78 is 27.1. The van der Waals surface area contributed by atoms with Crippen LogP contribution in [0.5, 0.6) is 5.75 Å². The van der Waals surface area contributed by atoms with Crippen LogP contribution in [0, 0.1) is 0 Å². The number of rotatable bonds is 8. The van der Waals surface area contributed by atoms with E-state index in [0.29, 0.717) is 5.75 Å². The molecule has 0 saturated heterocycles. The highest BCUT2D eigenvalue weighted by molar-refractivity contribution is 7.90. The van der Waals surface area contributed by atoms with Crippen LogP contribution >= 0.6 is 0 Å². The van der Waals surface area contributed by atoms with Gasteiger partial charge in [-0.1, -0.05) is 6.92 Å². The SMILES string of the molecule is CCCNCc1ccc(OCCS(C)(=O)=O)cn1. The van der Waals surface area contributed by atoms with E-state index >= 15 is 0 Å². The van der Waals surface area contributed by atoms with Gasteiger partial charge in [-0.15, -0.1) is 0 Å². The maximum absolute atomic E-state index is 10.9. The minimum Gasteiger partial charge on any atom is -0.491 e. The first-order valence-electron chi connectivity index (χ1n) is 5.97. The van der Waals surface area contributed by atoms with Crippen molar-refractivity contribution < 1.29 is 13.2 Å². The predicted molar refractivity (Wildman–Crippen MR) is 71.4 cm³/mol. The predicted octanol–water partition coefficient (Wildman–Crippen LogP) is 1.00. The second-order valence-electron chi connectivity index (χ2n) is 4.14. The molecule has 0 fully saturated rings. The van der Waals surface area contributed by atoms with E-state index in [4.69, 9.17) is 4.74 Å². The fourth-order valence-electron chi connectivity index (χ4n) is 1.31. The molecular weight excluding hydrogens is 252 g/mol. The molecule has 6 heteroatoms. The van der Waals surface area contributed by atoms with E-state index in [0.717, 1.165) is 25.2 Å². The maximum Gasteiger partial charge on any atom is 0.150 e. The summed E-state index contributed by atoms with van der Waals surface area (Å²) in [5.74, 6) is 0.616. The molecule has 0 aliphatic heterocycles. The molecule has 0 radical (unpaired) electrons. The van der Waals surface area contributed by atoms with Crippen molar-refractivity contribution >= 4 is 9.84 Å². The largest absolute Gasteiger partial charge is 0.491 e. The third-order valence-electron chi connectivity index (χ3n) is 2.25. The summed E-state index contributed by atoms with van der Waals surface area (Å²) in [5.41, 5.74) is 0.943. The Morgan fingerprint density at radius 1 is 1.39 bits per heavy atom. The van der Waals surface area contributed by atoms with Gasteiger partial charge < -0.3 is 10.1 Å². The molecule has 0 spiro atoms. The van der Waals surface area contributed by atoms with Gasteiger partial charge in [0.2, 0.25) is 0 Å². The number of hydrogen-bond donors (Lipinski definition) is 1. The lowest BCUT2D eigenvalue weighted by atomic mass is 10.3. The zero-order chi connectivity index (χ0) is 13.4. The van der Waals surface area contributed by atoms with Gasteiger partial charge in [-0.2, -0.15) is 0 Å². The van der Waals surface area contributed by atoms with Gasteiger partial charge in [0.15, 0.2) is 9.84 Å². The Hall–Kier alpha value is -1.14.